The SMILES string of the molecule is CC(C)(C)CC(N)CC(=O)NCCCOCc1ccco1. The van der Waals surface area contributed by atoms with E-state index in [4.69, 9.17) is 14.9 Å². The molecule has 0 aromatic carbocycles. The Morgan fingerprint density at radius 2 is 2.24 bits per heavy atom. The summed E-state index contributed by atoms with van der Waals surface area (Å²) < 4.78 is 10.6. The van der Waals surface area contributed by atoms with Crippen molar-refractivity contribution in [3.63, 3.8) is 0 Å². The molecule has 0 spiro atoms. The Hall–Kier alpha value is -1.33. The molecule has 0 radical (unpaired) electrons. The van der Waals surface area contributed by atoms with Gasteiger partial charge in [-0.15, -0.1) is 0 Å². The monoisotopic (exact) mass is 296 g/mol. The maximum absolute atomic E-state index is 11.7. The lowest BCUT2D eigenvalue weighted by molar-refractivity contribution is -0.121. The van der Waals surface area contributed by atoms with Gasteiger partial charge in [-0.25, -0.2) is 0 Å². The summed E-state index contributed by atoms with van der Waals surface area (Å²) in [6, 6.07) is 3.62. The van der Waals surface area contributed by atoms with Crippen molar-refractivity contribution >= 4 is 5.91 Å². The molecule has 0 saturated heterocycles. The van der Waals surface area contributed by atoms with Gasteiger partial charge in [0.15, 0.2) is 0 Å². The van der Waals surface area contributed by atoms with Crippen LogP contribution in [0, 0.1) is 5.41 Å². The van der Waals surface area contributed by atoms with Crippen molar-refractivity contribution in [2.24, 2.45) is 11.1 Å². The Kier molecular flexibility index (Phi) is 7.47. The van der Waals surface area contributed by atoms with Crippen LogP contribution in [-0.4, -0.2) is 25.1 Å². The molecule has 120 valence electrons. The average molecular weight is 296 g/mol. The Morgan fingerprint density at radius 3 is 2.86 bits per heavy atom. The standard InChI is InChI=1S/C16H28N2O3/c1-16(2,3)11-13(17)10-15(19)18-7-5-8-20-12-14-6-4-9-21-14/h4,6,9,13H,5,7-8,10-12,17H2,1-3H3,(H,18,19). The largest absolute Gasteiger partial charge is 0.467 e. The minimum atomic E-state index is -0.0831. The van der Waals surface area contributed by atoms with E-state index < -0.39 is 0 Å². The van der Waals surface area contributed by atoms with Gasteiger partial charge in [-0.3, -0.25) is 4.79 Å². The van der Waals surface area contributed by atoms with Crippen LogP contribution in [0.4, 0.5) is 0 Å². The number of ether oxygens (including phenoxy) is 1. The number of nitrogens with two attached hydrogens (primary N) is 1. The summed E-state index contributed by atoms with van der Waals surface area (Å²) in [4.78, 5) is 11.7. The van der Waals surface area contributed by atoms with E-state index in [2.05, 4.69) is 26.1 Å². The van der Waals surface area contributed by atoms with Gasteiger partial charge in [-0.2, -0.15) is 0 Å². The molecule has 0 aliphatic heterocycles. The predicted octanol–water partition coefficient (Wildman–Crippen LogP) is 2.46. The van der Waals surface area contributed by atoms with E-state index in [1.807, 2.05) is 12.1 Å². The third kappa shape index (κ3) is 9.26. The van der Waals surface area contributed by atoms with Crippen molar-refractivity contribution in [2.75, 3.05) is 13.2 Å². The van der Waals surface area contributed by atoms with E-state index in [1.54, 1.807) is 6.26 Å². The van der Waals surface area contributed by atoms with Crippen LogP contribution in [0.25, 0.3) is 0 Å². The van der Waals surface area contributed by atoms with Gasteiger partial charge in [0.2, 0.25) is 5.91 Å². The fourth-order valence-corrected chi connectivity index (χ4v) is 2.14. The number of hydrogen-bond acceptors (Lipinski definition) is 4. The molecule has 5 nitrogen and oxygen atoms in total. The molecule has 1 atom stereocenters. The van der Waals surface area contributed by atoms with Crippen LogP contribution in [0.2, 0.25) is 0 Å². The second kappa shape index (κ2) is 8.85. The molecule has 1 aromatic rings. The molecule has 1 rings (SSSR count). The first-order valence-electron chi connectivity index (χ1n) is 7.49. The number of amides is 1. The first-order valence-corrected chi connectivity index (χ1v) is 7.49. The zero-order chi connectivity index (χ0) is 15.7. The molecule has 3 N–H and O–H groups in total. The van der Waals surface area contributed by atoms with Crippen molar-refractivity contribution in [1.29, 1.82) is 0 Å². The molecule has 0 saturated carbocycles. The van der Waals surface area contributed by atoms with Gasteiger partial charge in [0.1, 0.15) is 12.4 Å². The lowest BCUT2D eigenvalue weighted by Crippen LogP contribution is -2.34. The van der Waals surface area contributed by atoms with E-state index in [1.165, 1.54) is 0 Å². The number of rotatable bonds is 9. The van der Waals surface area contributed by atoms with Gasteiger partial charge in [0.05, 0.1) is 6.26 Å². The highest BCUT2D eigenvalue weighted by Gasteiger charge is 2.17. The van der Waals surface area contributed by atoms with Gasteiger partial charge in [-0.05, 0) is 30.4 Å². The Morgan fingerprint density at radius 1 is 1.48 bits per heavy atom. The molecule has 1 unspecified atom stereocenters. The van der Waals surface area contributed by atoms with E-state index in [0.717, 1.165) is 18.6 Å². The summed E-state index contributed by atoms with van der Waals surface area (Å²) in [5, 5.41) is 2.87. The molecular formula is C16H28N2O3. The van der Waals surface area contributed by atoms with E-state index >= 15 is 0 Å². The molecule has 0 aliphatic rings. The Bertz CT molecular complexity index is 396. The maximum atomic E-state index is 11.7. The summed E-state index contributed by atoms with van der Waals surface area (Å²) in [6.45, 7) is 8.05. The van der Waals surface area contributed by atoms with Crippen LogP contribution in [0.3, 0.4) is 0 Å². The molecule has 0 bridgehead atoms. The summed E-state index contributed by atoms with van der Waals surface area (Å²) in [6.07, 6.45) is 3.62. The van der Waals surface area contributed by atoms with Crippen molar-refractivity contribution in [2.45, 2.75) is 52.7 Å². The zero-order valence-electron chi connectivity index (χ0n) is 13.4. The van der Waals surface area contributed by atoms with Crippen LogP contribution >= 0.6 is 0 Å². The number of furan rings is 1. The highest BCUT2D eigenvalue weighted by atomic mass is 16.5. The van der Waals surface area contributed by atoms with Crippen molar-refractivity contribution in [3.8, 4) is 0 Å². The second-order valence-electron chi connectivity index (χ2n) is 6.56. The average Bonchev–Trinajstić information content (AvgIpc) is 2.83. The van der Waals surface area contributed by atoms with Crippen molar-refractivity contribution < 1.29 is 13.9 Å². The normalized spacial score (nSPS) is 13.1. The predicted molar refractivity (Wildman–Crippen MR) is 82.7 cm³/mol. The van der Waals surface area contributed by atoms with Gasteiger partial charge >= 0.3 is 0 Å². The highest BCUT2D eigenvalue weighted by Crippen LogP contribution is 2.20. The van der Waals surface area contributed by atoms with Gasteiger partial charge in [0.25, 0.3) is 0 Å². The summed E-state index contributed by atoms with van der Waals surface area (Å²) in [5.74, 6) is 0.824. The lowest BCUT2D eigenvalue weighted by atomic mass is 9.87. The molecule has 0 aliphatic carbocycles. The van der Waals surface area contributed by atoms with Crippen LogP contribution in [-0.2, 0) is 16.1 Å². The zero-order valence-corrected chi connectivity index (χ0v) is 13.4. The number of carbonyl (C=O) groups is 1. The Balaban J connectivity index is 2.00. The molecular weight excluding hydrogens is 268 g/mol. The minimum absolute atomic E-state index is 0.0118. The summed E-state index contributed by atoms with van der Waals surface area (Å²) in [7, 11) is 0. The summed E-state index contributed by atoms with van der Waals surface area (Å²) >= 11 is 0. The van der Waals surface area contributed by atoms with Crippen LogP contribution < -0.4 is 11.1 Å². The van der Waals surface area contributed by atoms with Crippen molar-refractivity contribution in [3.05, 3.63) is 24.2 Å². The quantitative estimate of drug-likeness (QED) is 0.686. The van der Waals surface area contributed by atoms with Gasteiger partial charge in [0, 0.05) is 25.6 Å². The summed E-state index contributed by atoms with van der Waals surface area (Å²) in [5.41, 5.74) is 6.12. The van der Waals surface area contributed by atoms with Crippen molar-refractivity contribution in [1.82, 2.24) is 5.32 Å². The molecule has 5 heteroatoms. The number of carbonyl (C=O) groups excluding carboxylic acids is 1. The Labute approximate surface area is 127 Å². The molecule has 21 heavy (non-hydrogen) atoms. The third-order valence-corrected chi connectivity index (χ3v) is 2.93. The topological polar surface area (TPSA) is 77.5 Å². The molecule has 1 heterocycles. The van der Waals surface area contributed by atoms with Crippen LogP contribution in [0.5, 0.6) is 0 Å². The first-order chi connectivity index (χ1) is 9.87. The molecule has 1 amide bonds. The van der Waals surface area contributed by atoms with Gasteiger partial charge in [-0.1, -0.05) is 20.8 Å². The molecule has 0 fully saturated rings. The minimum Gasteiger partial charge on any atom is -0.467 e. The van der Waals surface area contributed by atoms with Gasteiger partial charge < -0.3 is 20.2 Å². The van der Waals surface area contributed by atoms with Crippen LogP contribution in [0.15, 0.2) is 22.8 Å². The third-order valence-electron chi connectivity index (χ3n) is 2.93. The maximum Gasteiger partial charge on any atom is 0.221 e. The lowest BCUT2D eigenvalue weighted by Gasteiger charge is -2.22. The fourth-order valence-electron chi connectivity index (χ4n) is 2.14. The number of hydrogen-bond donors (Lipinski definition) is 2. The smallest absolute Gasteiger partial charge is 0.221 e. The second-order valence-corrected chi connectivity index (χ2v) is 6.56. The van der Waals surface area contributed by atoms with E-state index in [-0.39, 0.29) is 17.4 Å². The highest BCUT2D eigenvalue weighted by molar-refractivity contribution is 5.76. The fraction of sp³-hybridized carbons (Fsp3) is 0.688. The van der Waals surface area contributed by atoms with E-state index in [0.29, 0.717) is 26.2 Å². The molecule has 1 aromatic heterocycles. The first kappa shape index (κ1) is 17.7. The van der Waals surface area contributed by atoms with Crippen LogP contribution in [0.1, 0.15) is 45.8 Å². The van der Waals surface area contributed by atoms with E-state index in [9.17, 15) is 4.79 Å². The number of nitrogens with one attached hydrogen (secondary N) is 1.